The van der Waals surface area contributed by atoms with Crippen molar-refractivity contribution in [1.82, 2.24) is 15.3 Å². The van der Waals surface area contributed by atoms with Crippen LogP contribution in [0.2, 0.25) is 0 Å². The number of carbonyl (C=O) groups excluding carboxylic acids is 1. The number of nitrogens with zero attached hydrogens (tertiary/aromatic N) is 3. The summed E-state index contributed by atoms with van der Waals surface area (Å²) in [5.41, 5.74) is 17.2. The van der Waals surface area contributed by atoms with Crippen molar-refractivity contribution < 1.29 is 4.79 Å². The number of guanidine groups is 1. The van der Waals surface area contributed by atoms with Crippen molar-refractivity contribution in [2.24, 2.45) is 10.7 Å². The largest absolute Gasteiger partial charge is 0.382 e. The van der Waals surface area contributed by atoms with Crippen molar-refractivity contribution in [3.63, 3.8) is 0 Å². The maximum absolute atomic E-state index is 11.9. The average molecular weight is 279 g/mol. The van der Waals surface area contributed by atoms with Gasteiger partial charge in [-0.3, -0.25) is 15.1 Å². The van der Waals surface area contributed by atoms with Gasteiger partial charge < -0.3 is 17.2 Å². The van der Waals surface area contributed by atoms with Gasteiger partial charge in [0, 0.05) is 6.54 Å². The molecule has 8 nitrogen and oxygen atoms in total. The highest BCUT2D eigenvalue weighted by Gasteiger charge is 2.15. The molecule has 0 aliphatic carbocycles. The van der Waals surface area contributed by atoms with E-state index in [4.69, 9.17) is 17.2 Å². The molecule has 0 atom stereocenters. The highest BCUT2D eigenvalue weighted by atomic mass is 16.2. The second-order valence-electron chi connectivity index (χ2n) is 4.36. The zero-order valence-electron chi connectivity index (χ0n) is 11.8. The number of nitrogen functional groups attached to an aromatic ring is 2. The van der Waals surface area contributed by atoms with Gasteiger partial charge in [-0.15, -0.1) is 0 Å². The Morgan fingerprint density at radius 2 is 1.95 bits per heavy atom. The van der Waals surface area contributed by atoms with E-state index in [1.54, 1.807) is 6.92 Å². The summed E-state index contributed by atoms with van der Waals surface area (Å²) in [6.45, 7) is 4.31. The number of hydrogen-bond acceptors (Lipinski definition) is 6. The zero-order valence-corrected chi connectivity index (χ0v) is 11.8. The van der Waals surface area contributed by atoms with Crippen LogP contribution in [0.4, 0.5) is 11.6 Å². The Hall–Kier alpha value is -2.38. The predicted molar refractivity (Wildman–Crippen MR) is 79.1 cm³/mol. The molecule has 8 heteroatoms. The first-order valence-electron chi connectivity index (χ1n) is 6.46. The summed E-state index contributed by atoms with van der Waals surface area (Å²) >= 11 is 0. The summed E-state index contributed by atoms with van der Waals surface area (Å²) < 4.78 is 0. The molecular weight excluding hydrogens is 258 g/mol. The van der Waals surface area contributed by atoms with Crippen LogP contribution < -0.4 is 22.5 Å². The summed E-state index contributed by atoms with van der Waals surface area (Å²) in [6.07, 6.45) is 3.09. The Morgan fingerprint density at radius 1 is 1.25 bits per heavy atom. The lowest BCUT2D eigenvalue weighted by Gasteiger charge is -2.07. The number of rotatable bonds is 5. The minimum absolute atomic E-state index is 0.0107. The van der Waals surface area contributed by atoms with Crippen molar-refractivity contribution in [3.8, 4) is 0 Å². The molecule has 20 heavy (non-hydrogen) atoms. The number of amides is 1. The van der Waals surface area contributed by atoms with Gasteiger partial charge in [0.1, 0.15) is 5.82 Å². The molecule has 0 spiro atoms. The minimum Gasteiger partial charge on any atom is -0.382 e. The Balaban J connectivity index is 2.69. The smallest absolute Gasteiger partial charge is 0.280 e. The van der Waals surface area contributed by atoms with Crippen molar-refractivity contribution in [2.45, 2.75) is 33.1 Å². The van der Waals surface area contributed by atoms with Crippen LogP contribution in [-0.4, -0.2) is 28.4 Å². The predicted octanol–water partition coefficient (Wildman–Crippen LogP) is 0.184. The van der Waals surface area contributed by atoms with Gasteiger partial charge >= 0.3 is 0 Å². The van der Waals surface area contributed by atoms with E-state index < -0.39 is 5.91 Å². The molecule has 110 valence electrons. The third-order valence-electron chi connectivity index (χ3n) is 2.63. The van der Waals surface area contributed by atoms with E-state index in [-0.39, 0.29) is 23.3 Å². The number of nitrogens with one attached hydrogen (secondary N) is 1. The molecule has 0 aliphatic rings. The topological polar surface area (TPSA) is 145 Å². The lowest BCUT2D eigenvalue weighted by Crippen LogP contribution is -2.38. The van der Waals surface area contributed by atoms with Crippen molar-refractivity contribution >= 4 is 23.5 Å². The van der Waals surface area contributed by atoms with Gasteiger partial charge in [0.25, 0.3) is 5.91 Å². The Bertz CT molecular complexity index is 513. The normalized spacial score (nSPS) is 11.4. The third-order valence-corrected chi connectivity index (χ3v) is 2.63. The molecule has 7 N–H and O–H groups in total. The molecular formula is C12H21N7O. The fourth-order valence-corrected chi connectivity index (χ4v) is 1.49. The van der Waals surface area contributed by atoms with Crippen LogP contribution in [0, 0.1) is 6.92 Å². The summed E-state index contributed by atoms with van der Waals surface area (Å²) in [7, 11) is 0. The van der Waals surface area contributed by atoms with Gasteiger partial charge in [-0.05, 0) is 13.3 Å². The maximum atomic E-state index is 11.9. The van der Waals surface area contributed by atoms with E-state index in [0.717, 1.165) is 19.3 Å². The number of hydrogen-bond donors (Lipinski definition) is 4. The van der Waals surface area contributed by atoms with Gasteiger partial charge in [-0.2, -0.15) is 0 Å². The van der Waals surface area contributed by atoms with Crippen molar-refractivity contribution in [1.29, 1.82) is 0 Å². The highest BCUT2D eigenvalue weighted by Crippen LogP contribution is 2.11. The lowest BCUT2D eigenvalue weighted by atomic mass is 10.2. The summed E-state index contributed by atoms with van der Waals surface area (Å²) in [6, 6.07) is 0. The number of aryl methyl sites for hydroxylation is 1. The van der Waals surface area contributed by atoms with Crippen LogP contribution in [0.15, 0.2) is 4.99 Å². The van der Waals surface area contributed by atoms with E-state index in [0.29, 0.717) is 12.2 Å². The first-order valence-corrected chi connectivity index (χ1v) is 6.46. The monoisotopic (exact) mass is 279 g/mol. The summed E-state index contributed by atoms with van der Waals surface area (Å²) in [5, 5.41) is 2.43. The van der Waals surface area contributed by atoms with Crippen molar-refractivity contribution in [3.05, 3.63) is 11.4 Å². The average Bonchev–Trinajstić information content (AvgIpc) is 2.38. The van der Waals surface area contributed by atoms with Crippen LogP contribution in [0.3, 0.4) is 0 Å². The number of aliphatic imine (C=N–C) groups is 1. The third kappa shape index (κ3) is 4.38. The second kappa shape index (κ2) is 7.27. The standard InChI is InChI=1S/C12H21N7O/c1-3-4-5-6-16-12(15)19-11(20)8-10(14)18-9(13)7(2)17-8/h3-6H2,1-2H3,(H4,13,14,18)(H3,15,16,19,20). The second-order valence-corrected chi connectivity index (χ2v) is 4.36. The van der Waals surface area contributed by atoms with Crippen LogP contribution in [-0.2, 0) is 0 Å². The molecule has 0 aliphatic heterocycles. The van der Waals surface area contributed by atoms with Gasteiger partial charge in [-0.1, -0.05) is 19.8 Å². The molecule has 0 unspecified atom stereocenters. The van der Waals surface area contributed by atoms with Crippen LogP contribution in [0.5, 0.6) is 0 Å². The Kier molecular flexibility index (Phi) is 5.70. The summed E-state index contributed by atoms with van der Waals surface area (Å²) in [5.74, 6) is -0.346. The Morgan fingerprint density at radius 3 is 2.60 bits per heavy atom. The molecule has 1 heterocycles. The van der Waals surface area contributed by atoms with Gasteiger partial charge in [0.05, 0.1) is 5.69 Å². The number of nitrogens with two attached hydrogens (primary N) is 3. The molecule has 0 fully saturated rings. The number of carbonyl (C=O) groups is 1. The molecule has 1 aromatic rings. The van der Waals surface area contributed by atoms with Gasteiger partial charge in [-0.25, -0.2) is 9.97 Å². The molecule has 1 aromatic heterocycles. The first-order chi connectivity index (χ1) is 9.45. The molecule has 0 bridgehead atoms. The van der Waals surface area contributed by atoms with Crippen LogP contribution in [0.1, 0.15) is 42.4 Å². The quantitative estimate of drug-likeness (QED) is 0.343. The molecule has 1 rings (SSSR count). The van der Waals surface area contributed by atoms with E-state index in [9.17, 15) is 4.79 Å². The number of aromatic nitrogens is 2. The highest BCUT2D eigenvalue weighted by molar-refractivity contribution is 6.06. The molecule has 0 saturated carbocycles. The molecule has 1 amide bonds. The fraction of sp³-hybridized carbons (Fsp3) is 0.500. The summed E-state index contributed by atoms with van der Waals surface area (Å²) in [4.78, 5) is 23.8. The molecule has 0 radical (unpaired) electrons. The first kappa shape index (κ1) is 15.7. The lowest BCUT2D eigenvalue weighted by molar-refractivity contribution is 0.0972. The van der Waals surface area contributed by atoms with E-state index in [2.05, 4.69) is 27.2 Å². The van der Waals surface area contributed by atoms with E-state index in [1.807, 2.05) is 0 Å². The minimum atomic E-state index is -0.546. The van der Waals surface area contributed by atoms with Crippen LogP contribution >= 0.6 is 0 Å². The fourth-order valence-electron chi connectivity index (χ4n) is 1.49. The maximum Gasteiger partial charge on any atom is 0.280 e. The van der Waals surface area contributed by atoms with E-state index >= 15 is 0 Å². The number of unbranched alkanes of at least 4 members (excludes halogenated alkanes) is 2. The molecule has 0 aromatic carbocycles. The van der Waals surface area contributed by atoms with E-state index in [1.165, 1.54) is 0 Å². The number of anilines is 2. The van der Waals surface area contributed by atoms with Crippen molar-refractivity contribution in [2.75, 3.05) is 18.0 Å². The van der Waals surface area contributed by atoms with Gasteiger partial charge in [0.15, 0.2) is 17.5 Å². The van der Waals surface area contributed by atoms with Gasteiger partial charge in [0.2, 0.25) is 0 Å². The zero-order chi connectivity index (χ0) is 15.1. The van der Waals surface area contributed by atoms with Crippen LogP contribution in [0.25, 0.3) is 0 Å². The Labute approximate surface area is 117 Å². The molecule has 0 saturated heterocycles. The SMILES string of the molecule is CCCCCN=C(N)NC(=O)c1nc(C)c(N)nc1N.